The maximum absolute atomic E-state index is 8.78. The van der Waals surface area contributed by atoms with Gasteiger partial charge in [-0.3, -0.25) is 4.98 Å². The molecule has 3 rings (SSSR count). The van der Waals surface area contributed by atoms with Crippen molar-refractivity contribution in [2.75, 3.05) is 31.6 Å². The smallest absolute Gasteiger partial charge is 0.158 e. The van der Waals surface area contributed by atoms with Gasteiger partial charge in [0.15, 0.2) is 5.69 Å². The maximum atomic E-state index is 8.78. The largest absolute Gasteiger partial charge is 0.355 e. The molecule has 0 saturated carbocycles. The Labute approximate surface area is 136 Å². The number of hydrogen-bond donors (Lipinski definition) is 0. The molecule has 2 aromatic heterocycles. The molecule has 23 heavy (non-hydrogen) atoms. The molecule has 1 saturated heterocycles. The van der Waals surface area contributed by atoms with Crippen molar-refractivity contribution in [3.05, 3.63) is 48.2 Å². The molecule has 6 nitrogen and oxygen atoms in total. The Morgan fingerprint density at radius 2 is 2.26 bits per heavy atom. The minimum Gasteiger partial charge on any atom is -0.355 e. The standard InChI is InChI=1S/C17H20N6/c1-22(11-14-3-2-5-19-8-14)12-15-4-6-23(13-15)17-10-20-16(7-18)9-21-17/h2-3,5,8-10,15H,4,6,11-13H2,1H3/t15-/m0/s1. The van der Waals surface area contributed by atoms with Gasteiger partial charge < -0.3 is 9.80 Å². The lowest BCUT2D eigenvalue weighted by Crippen LogP contribution is -2.28. The number of hydrogen-bond acceptors (Lipinski definition) is 6. The number of aromatic nitrogens is 3. The molecule has 1 atom stereocenters. The average Bonchev–Trinajstić information content (AvgIpc) is 3.04. The van der Waals surface area contributed by atoms with Crippen LogP contribution in [0.15, 0.2) is 36.9 Å². The molecule has 0 unspecified atom stereocenters. The van der Waals surface area contributed by atoms with E-state index in [4.69, 9.17) is 5.26 Å². The lowest BCUT2D eigenvalue weighted by Gasteiger charge is -2.21. The van der Waals surface area contributed by atoms with E-state index in [-0.39, 0.29) is 0 Å². The molecule has 0 amide bonds. The van der Waals surface area contributed by atoms with Gasteiger partial charge >= 0.3 is 0 Å². The second-order valence-electron chi connectivity index (χ2n) is 6.03. The zero-order valence-electron chi connectivity index (χ0n) is 13.3. The molecule has 0 N–H and O–H groups in total. The number of nitrogens with zero attached hydrogens (tertiary/aromatic N) is 6. The van der Waals surface area contributed by atoms with Crippen LogP contribution in [0.3, 0.4) is 0 Å². The minimum absolute atomic E-state index is 0.362. The fraction of sp³-hybridized carbons (Fsp3) is 0.412. The topological polar surface area (TPSA) is 68.9 Å². The molecule has 1 fully saturated rings. The van der Waals surface area contributed by atoms with Gasteiger partial charge in [-0.15, -0.1) is 0 Å². The Bertz CT molecular complexity index is 664. The number of anilines is 1. The van der Waals surface area contributed by atoms with E-state index in [9.17, 15) is 0 Å². The van der Waals surface area contributed by atoms with Crippen molar-refractivity contribution in [2.24, 2.45) is 5.92 Å². The number of pyridine rings is 1. The van der Waals surface area contributed by atoms with Crippen molar-refractivity contribution in [1.29, 1.82) is 5.26 Å². The third-order valence-corrected chi connectivity index (χ3v) is 4.11. The minimum atomic E-state index is 0.362. The summed E-state index contributed by atoms with van der Waals surface area (Å²) < 4.78 is 0. The molecule has 0 radical (unpaired) electrons. The van der Waals surface area contributed by atoms with Crippen LogP contribution in [0, 0.1) is 17.2 Å². The molecule has 1 aliphatic heterocycles. The van der Waals surface area contributed by atoms with Crippen LogP contribution in [0.25, 0.3) is 0 Å². The SMILES string of the molecule is CN(Cc1cccnc1)C[C@@H]1CCN(c2cnc(C#N)cn2)C1. The first-order chi connectivity index (χ1) is 11.2. The van der Waals surface area contributed by atoms with Crippen LogP contribution in [0.2, 0.25) is 0 Å². The van der Waals surface area contributed by atoms with Crippen LogP contribution in [-0.2, 0) is 6.54 Å². The van der Waals surface area contributed by atoms with Crippen molar-refractivity contribution < 1.29 is 0 Å². The number of nitriles is 1. The van der Waals surface area contributed by atoms with Crippen molar-refractivity contribution in [3.63, 3.8) is 0 Å². The normalized spacial score (nSPS) is 17.4. The summed E-state index contributed by atoms with van der Waals surface area (Å²) in [6.45, 7) is 3.94. The molecule has 3 heterocycles. The summed E-state index contributed by atoms with van der Waals surface area (Å²) in [5.74, 6) is 1.48. The zero-order valence-corrected chi connectivity index (χ0v) is 13.3. The van der Waals surface area contributed by atoms with E-state index in [1.165, 1.54) is 11.8 Å². The van der Waals surface area contributed by atoms with E-state index in [0.717, 1.165) is 38.4 Å². The van der Waals surface area contributed by atoms with Crippen LogP contribution in [0.5, 0.6) is 0 Å². The van der Waals surface area contributed by atoms with Gasteiger partial charge in [0.05, 0.1) is 12.4 Å². The summed E-state index contributed by atoms with van der Waals surface area (Å²) in [6, 6.07) is 6.08. The third-order valence-electron chi connectivity index (χ3n) is 4.11. The quantitative estimate of drug-likeness (QED) is 0.837. The fourth-order valence-electron chi connectivity index (χ4n) is 3.04. The Kier molecular flexibility index (Phi) is 4.79. The molecule has 0 bridgehead atoms. The van der Waals surface area contributed by atoms with Crippen molar-refractivity contribution in [2.45, 2.75) is 13.0 Å². The van der Waals surface area contributed by atoms with Gasteiger partial charge in [0.1, 0.15) is 11.9 Å². The lowest BCUT2D eigenvalue weighted by atomic mass is 10.1. The molecule has 2 aromatic rings. The molecule has 0 aliphatic carbocycles. The second-order valence-corrected chi connectivity index (χ2v) is 6.03. The van der Waals surface area contributed by atoms with E-state index in [1.807, 2.05) is 18.3 Å². The molecule has 0 aromatic carbocycles. The predicted octanol–water partition coefficient (Wildman–Crippen LogP) is 1.70. The second kappa shape index (κ2) is 7.16. The summed E-state index contributed by atoms with van der Waals surface area (Å²) in [5.41, 5.74) is 1.60. The van der Waals surface area contributed by atoms with E-state index in [2.05, 4.69) is 37.9 Å². The maximum Gasteiger partial charge on any atom is 0.158 e. The summed E-state index contributed by atoms with van der Waals surface area (Å²) in [5, 5.41) is 8.78. The lowest BCUT2D eigenvalue weighted by molar-refractivity contribution is 0.279. The summed E-state index contributed by atoms with van der Waals surface area (Å²) in [7, 11) is 2.15. The highest BCUT2D eigenvalue weighted by Gasteiger charge is 2.24. The van der Waals surface area contributed by atoms with E-state index >= 15 is 0 Å². The number of rotatable bonds is 5. The van der Waals surface area contributed by atoms with Gasteiger partial charge in [0.25, 0.3) is 0 Å². The Hall–Kier alpha value is -2.52. The fourth-order valence-corrected chi connectivity index (χ4v) is 3.04. The molecule has 0 spiro atoms. The van der Waals surface area contributed by atoms with Crippen molar-refractivity contribution >= 4 is 5.82 Å². The Morgan fingerprint density at radius 1 is 1.35 bits per heavy atom. The van der Waals surface area contributed by atoms with Gasteiger partial charge in [-0.05, 0) is 31.0 Å². The van der Waals surface area contributed by atoms with Gasteiger partial charge in [-0.25, -0.2) is 9.97 Å². The highest BCUT2D eigenvalue weighted by Crippen LogP contribution is 2.22. The summed E-state index contributed by atoms with van der Waals surface area (Å²) >= 11 is 0. The Balaban J connectivity index is 1.52. The monoisotopic (exact) mass is 308 g/mol. The van der Waals surface area contributed by atoms with Crippen LogP contribution in [0.4, 0.5) is 5.82 Å². The van der Waals surface area contributed by atoms with Gasteiger partial charge in [-0.2, -0.15) is 5.26 Å². The highest BCUT2D eigenvalue weighted by molar-refractivity contribution is 5.38. The van der Waals surface area contributed by atoms with Crippen molar-refractivity contribution in [1.82, 2.24) is 19.9 Å². The molecular formula is C17H20N6. The molecule has 1 aliphatic rings. The first-order valence-electron chi connectivity index (χ1n) is 7.79. The van der Waals surface area contributed by atoms with Crippen LogP contribution in [-0.4, -0.2) is 46.5 Å². The van der Waals surface area contributed by atoms with Crippen LogP contribution in [0.1, 0.15) is 17.7 Å². The molecule has 118 valence electrons. The summed E-state index contributed by atoms with van der Waals surface area (Å²) in [6.07, 6.45) is 8.11. The third kappa shape index (κ3) is 4.02. The van der Waals surface area contributed by atoms with Crippen molar-refractivity contribution in [3.8, 4) is 6.07 Å². The van der Waals surface area contributed by atoms with Crippen LogP contribution < -0.4 is 4.90 Å². The van der Waals surface area contributed by atoms with E-state index < -0.39 is 0 Å². The summed E-state index contributed by atoms with van der Waals surface area (Å²) in [4.78, 5) is 17.2. The average molecular weight is 308 g/mol. The van der Waals surface area contributed by atoms with Gasteiger partial charge in [-0.1, -0.05) is 6.07 Å². The van der Waals surface area contributed by atoms with Crippen LogP contribution >= 0.6 is 0 Å². The first kappa shape index (κ1) is 15.4. The zero-order chi connectivity index (χ0) is 16.1. The highest BCUT2D eigenvalue weighted by atomic mass is 15.2. The van der Waals surface area contributed by atoms with E-state index in [0.29, 0.717) is 11.6 Å². The predicted molar refractivity (Wildman–Crippen MR) is 87.6 cm³/mol. The molecule has 6 heteroatoms. The first-order valence-corrected chi connectivity index (χ1v) is 7.79. The van der Waals surface area contributed by atoms with Gasteiger partial charge in [0, 0.05) is 38.6 Å². The molecular weight excluding hydrogens is 288 g/mol. The van der Waals surface area contributed by atoms with E-state index in [1.54, 1.807) is 12.4 Å². The van der Waals surface area contributed by atoms with Gasteiger partial charge in [0.2, 0.25) is 0 Å². The Morgan fingerprint density at radius 3 is 2.96 bits per heavy atom.